The Labute approximate surface area is 394 Å². The fourth-order valence-corrected chi connectivity index (χ4v) is 10.2. The maximum Gasteiger partial charge on any atom is 0.164 e. The van der Waals surface area contributed by atoms with Crippen LogP contribution in [0.1, 0.15) is 22.3 Å². The number of rotatable bonds is 7. The highest BCUT2D eigenvalue weighted by Gasteiger charge is 2.52. The van der Waals surface area contributed by atoms with Gasteiger partial charge in [0.2, 0.25) is 0 Å². The van der Waals surface area contributed by atoms with E-state index in [0.29, 0.717) is 23.3 Å². The van der Waals surface area contributed by atoms with Gasteiger partial charge >= 0.3 is 0 Å². The van der Waals surface area contributed by atoms with Crippen molar-refractivity contribution in [2.75, 3.05) is 0 Å². The molecule has 0 bridgehead atoms. The summed E-state index contributed by atoms with van der Waals surface area (Å²) in [6, 6.07) is 82.0. The van der Waals surface area contributed by atoms with Crippen molar-refractivity contribution in [2.45, 2.75) is 5.41 Å². The van der Waals surface area contributed by atoms with Crippen LogP contribution in [0.5, 0.6) is 11.5 Å². The molecule has 68 heavy (non-hydrogen) atoms. The molecule has 0 atom stereocenters. The zero-order valence-corrected chi connectivity index (χ0v) is 36.7. The summed E-state index contributed by atoms with van der Waals surface area (Å²) in [4.78, 5) is 25.9. The molecule has 0 unspecified atom stereocenters. The average Bonchev–Trinajstić information content (AvgIpc) is 3.71. The second kappa shape index (κ2) is 16.1. The van der Waals surface area contributed by atoms with Crippen LogP contribution in [0, 0.1) is 0 Å². The Balaban J connectivity index is 0.999. The minimum absolute atomic E-state index is 0.605. The van der Waals surface area contributed by atoms with Crippen molar-refractivity contribution >= 4 is 0 Å². The Morgan fingerprint density at radius 1 is 0.265 bits per heavy atom. The molecule has 318 valence electrons. The monoisotopic (exact) mass is 869 g/mol. The molecule has 11 aromatic rings. The van der Waals surface area contributed by atoms with Crippen molar-refractivity contribution in [3.8, 4) is 102 Å². The molecule has 0 amide bonds. The molecule has 13 rings (SSSR count). The largest absolute Gasteiger partial charge is 0.457 e. The molecular weight excluding hydrogens is 831 g/mol. The molecule has 1 aliphatic heterocycles. The number of para-hydroxylation sites is 2. The summed E-state index contributed by atoms with van der Waals surface area (Å²) in [6.45, 7) is 0. The molecule has 2 aliphatic rings. The molecule has 2 aromatic heterocycles. The highest BCUT2D eigenvalue weighted by atomic mass is 16.5. The van der Waals surface area contributed by atoms with Gasteiger partial charge in [0.1, 0.15) is 11.5 Å². The molecule has 6 heteroatoms. The van der Waals surface area contributed by atoms with Gasteiger partial charge in [0.15, 0.2) is 23.3 Å². The summed E-state index contributed by atoms with van der Waals surface area (Å²) < 4.78 is 6.78. The summed E-state index contributed by atoms with van der Waals surface area (Å²) >= 11 is 0. The van der Waals surface area contributed by atoms with Gasteiger partial charge in [-0.05, 0) is 57.6 Å². The molecule has 0 fully saturated rings. The maximum absolute atomic E-state index is 6.78. The van der Waals surface area contributed by atoms with E-state index in [1.54, 1.807) is 0 Å². The van der Waals surface area contributed by atoms with Gasteiger partial charge in [-0.3, -0.25) is 0 Å². The number of benzene rings is 9. The number of fused-ring (bicyclic) bond motifs is 9. The van der Waals surface area contributed by atoms with Gasteiger partial charge in [0, 0.05) is 44.5 Å². The van der Waals surface area contributed by atoms with Crippen LogP contribution in [-0.4, -0.2) is 24.9 Å². The van der Waals surface area contributed by atoms with Gasteiger partial charge in [-0.1, -0.05) is 212 Å². The van der Waals surface area contributed by atoms with E-state index in [9.17, 15) is 0 Å². The van der Waals surface area contributed by atoms with Crippen LogP contribution in [-0.2, 0) is 5.41 Å². The van der Waals surface area contributed by atoms with Crippen molar-refractivity contribution in [1.29, 1.82) is 0 Å². The number of hydrogen-bond donors (Lipinski definition) is 0. The van der Waals surface area contributed by atoms with E-state index < -0.39 is 5.41 Å². The lowest BCUT2D eigenvalue weighted by Crippen LogP contribution is -2.32. The Hall–Kier alpha value is -9.13. The summed E-state index contributed by atoms with van der Waals surface area (Å²) in [5.41, 5.74) is 15.6. The summed E-state index contributed by atoms with van der Waals surface area (Å²) in [5.74, 6) is 4.13. The van der Waals surface area contributed by atoms with Crippen molar-refractivity contribution in [3.05, 3.63) is 259 Å². The third-order valence-electron chi connectivity index (χ3n) is 13.2. The van der Waals surface area contributed by atoms with E-state index >= 15 is 0 Å². The van der Waals surface area contributed by atoms with E-state index in [0.717, 1.165) is 101 Å². The smallest absolute Gasteiger partial charge is 0.164 e. The highest BCUT2D eigenvalue weighted by molar-refractivity contribution is 5.95. The molecule has 9 aromatic carbocycles. The fraction of sp³-hybridized carbons (Fsp3) is 0.0161. The molecule has 0 radical (unpaired) electrons. The molecular formula is C62H39N5O. The Morgan fingerprint density at radius 3 is 1.25 bits per heavy atom. The molecule has 0 N–H and O–H groups in total. The van der Waals surface area contributed by atoms with E-state index in [4.69, 9.17) is 29.7 Å². The number of nitrogens with zero attached hydrogens (tertiary/aromatic N) is 5. The maximum atomic E-state index is 6.78. The first-order chi connectivity index (χ1) is 33.7. The molecule has 0 saturated heterocycles. The second-order valence-corrected chi connectivity index (χ2v) is 17.1. The highest BCUT2D eigenvalue weighted by Crippen LogP contribution is 2.64. The average molecular weight is 870 g/mol. The van der Waals surface area contributed by atoms with Gasteiger partial charge in [-0.15, -0.1) is 0 Å². The lowest BCUT2D eigenvalue weighted by Gasteiger charge is -2.40. The third kappa shape index (κ3) is 6.45. The van der Waals surface area contributed by atoms with Gasteiger partial charge in [-0.2, -0.15) is 0 Å². The Kier molecular flexibility index (Phi) is 9.29. The quantitative estimate of drug-likeness (QED) is 0.159. The van der Waals surface area contributed by atoms with Gasteiger partial charge in [-0.25, -0.2) is 24.9 Å². The molecule has 3 heterocycles. The van der Waals surface area contributed by atoms with E-state index in [1.807, 2.05) is 84.9 Å². The van der Waals surface area contributed by atoms with Crippen molar-refractivity contribution < 1.29 is 4.74 Å². The summed E-state index contributed by atoms with van der Waals surface area (Å²) in [6.07, 6.45) is 0. The third-order valence-corrected chi connectivity index (χ3v) is 13.2. The lowest BCUT2D eigenvalue weighted by atomic mass is 9.64. The van der Waals surface area contributed by atoms with Crippen LogP contribution < -0.4 is 4.74 Å². The van der Waals surface area contributed by atoms with Crippen LogP contribution >= 0.6 is 0 Å². The summed E-state index contributed by atoms with van der Waals surface area (Å²) in [5, 5.41) is 0. The first kappa shape index (κ1) is 39.3. The minimum atomic E-state index is -0.797. The number of aromatic nitrogens is 5. The fourth-order valence-electron chi connectivity index (χ4n) is 10.2. The van der Waals surface area contributed by atoms with Gasteiger partial charge in [0.05, 0.1) is 16.8 Å². The van der Waals surface area contributed by atoms with Gasteiger partial charge in [0.25, 0.3) is 0 Å². The summed E-state index contributed by atoms with van der Waals surface area (Å²) in [7, 11) is 0. The van der Waals surface area contributed by atoms with Crippen molar-refractivity contribution in [2.24, 2.45) is 0 Å². The van der Waals surface area contributed by atoms with E-state index in [-0.39, 0.29) is 0 Å². The predicted octanol–water partition coefficient (Wildman–Crippen LogP) is 14.8. The van der Waals surface area contributed by atoms with Crippen molar-refractivity contribution in [1.82, 2.24) is 24.9 Å². The van der Waals surface area contributed by atoms with Gasteiger partial charge < -0.3 is 4.74 Å². The molecule has 1 spiro atoms. The molecule has 6 nitrogen and oxygen atoms in total. The first-order valence-corrected chi connectivity index (χ1v) is 22.8. The van der Waals surface area contributed by atoms with Crippen LogP contribution in [0.4, 0.5) is 0 Å². The second-order valence-electron chi connectivity index (χ2n) is 17.1. The SMILES string of the molecule is c1ccc(-c2cc(-c3ccccc3)nc(-c3ccc(-c4ccc5c(c4)C4(c6ccccc6Oc6ccccc64)c4c(-c6nc(-c7ccccc7)nc(-c7ccccc7)n6)cccc4-5)cc3)n2)cc1. The van der Waals surface area contributed by atoms with E-state index in [1.165, 1.54) is 0 Å². The van der Waals surface area contributed by atoms with Crippen LogP contribution in [0.2, 0.25) is 0 Å². The molecule has 0 saturated carbocycles. The molecule has 1 aliphatic carbocycles. The number of hydrogen-bond acceptors (Lipinski definition) is 6. The normalized spacial score (nSPS) is 12.6. The zero-order valence-electron chi connectivity index (χ0n) is 36.7. The topological polar surface area (TPSA) is 73.7 Å². The van der Waals surface area contributed by atoms with Crippen LogP contribution in [0.25, 0.3) is 90.3 Å². The van der Waals surface area contributed by atoms with Crippen LogP contribution in [0.15, 0.2) is 237 Å². The standard InChI is InChI=1S/C62H39N5O/c1-5-18-41(19-6-1)53-39-54(42-20-7-2-8-21-42)64-58(63-53)45-34-32-40(33-35-45)46-36-37-47-48-26-17-27-49(61-66-59(43-22-9-3-10-23-43)65-60(67-61)44-24-11-4-12-25-44)57(48)62(52(47)38-46)50-28-13-15-30-55(50)68-56-31-16-14-29-51(56)62/h1-39H. The predicted molar refractivity (Wildman–Crippen MR) is 271 cm³/mol. The zero-order chi connectivity index (χ0) is 45.0. The van der Waals surface area contributed by atoms with Crippen molar-refractivity contribution in [3.63, 3.8) is 0 Å². The minimum Gasteiger partial charge on any atom is -0.457 e. The Bertz CT molecular complexity index is 3530. The van der Waals surface area contributed by atoms with Crippen LogP contribution in [0.3, 0.4) is 0 Å². The van der Waals surface area contributed by atoms with E-state index in [2.05, 4.69) is 152 Å². The number of ether oxygens (including phenoxy) is 1. The lowest BCUT2D eigenvalue weighted by molar-refractivity contribution is 0.436. The Morgan fingerprint density at radius 2 is 0.691 bits per heavy atom. The first-order valence-electron chi connectivity index (χ1n) is 22.8.